The van der Waals surface area contributed by atoms with E-state index in [1.165, 1.54) is 23.9 Å². The van der Waals surface area contributed by atoms with Gasteiger partial charge in [0.2, 0.25) is 0 Å². The lowest BCUT2D eigenvalue weighted by Gasteiger charge is -2.43. The van der Waals surface area contributed by atoms with Crippen molar-refractivity contribution in [2.75, 3.05) is 25.6 Å². The number of hydrogen-bond acceptors (Lipinski definition) is 6. The second-order valence-electron chi connectivity index (χ2n) is 7.46. The number of hydrogen-bond donors (Lipinski definition) is 2. The quantitative estimate of drug-likeness (QED) is 0.636. The minimum Gasteiger partial charge on any atom is -0.629 e. The third kappa shape index (κ3) is 5.11. The van der Waals surface area contributed by atoms with E-state index in [0.717, 1.165) is 22.7 Å². The second kappa shape index (κ2) is 9.82. The Morgan fingerprint density at radius 2 is 2.00 bits per heavy atom. The van der Waals surface area contributed by atoms with Crippen molar-refractivity contribution >= 4 is 11.8 Å². The molecule has 3 unspecified atom stereocenters. The van der Waals surface area contributed by atoms with Crippen LogP contribution in [0.4, 0.5) is 13.2 Å². The summed E-state index contributed by atoms with van der Waals surface area (Å²) in [5, 5.41) is 22.6. The molecule has 4 atom stereocenters. The highest BCUT2D eigenvalue weighted by molar-refractivity contribution is 8.02. The monoisotopic (exact) mass is 468 g/mol. The van der Waals surface area contributed by atoms with Crippen LogP contribution in [0.5, 0.6) is 0 Å². The van der Waals surface area contributed by atoms with Gasteiger partial charge in [-0.05, 0) is 35.0 Å². The Morgan fingerprint density at radius 3 is 2.66 bits per heavy atom. The lowest BCUT2D eigenvalue weighted by Crippen LogP contribution is -3.00. The molecule has 6 nitrogen and oxygen atoms in total. The topological polar surface area (TPSA) is 69.4 Å². The minimum atomic E-state index is -4.50. The van der Waals surface area contributed by atoms with Crippen LogP contribution in [-0.2, 0) is 15.7 Å². The van der Waals surface area contributed by atoms with Crippen LogP contribution in [0.1, 0.15) is 28.8 Å². The van der Waals surface area contributed by atoms with E-state index in [1.54, 1.807) is 6.20 Å². The number of halogens is 3. The summed E-state index contributed by atoms with van der Waals surface area (Å²) >= 11 is 1.44. The summed E-state index contributed by atoms with van der Waals surface area (Å²) in [5.74, 6) is 0.364. The van der Waals surface area contributed by atoms with E-state index in [2.05, 4.69) is 0 Å². The van der Waals surface area contributed by atoms with Crippen LogP contribution in [-0.4, -0.2) is 41.9 Å². The Kier molecular flexibility index (Phi) is 7.08. The number of alkyl halides is 3. The standard InChI is InChI=1S/C22H23F3N2O4S/c23-22(24,25)17-8-4-7-16(11-17)18(13-28)31-21-20(15-5-2-1-3-6-15)27(9-10-30-21)19-12-26(29)14-32-19/h1-8,11-12,18,20-21,26,28H,9-10,13-14H2/t18-,20?,21?/m1/s1. The number of ether oxygens (including phenoxy) is 2. The van der Waals surface area contributed by atoms with Gasteiger partial charge in [0.1, 0.15) is 29.3 Å². The fraction of sp³-hybridized carbons (Fsp3) is 0.364. The van der Waals surface area contributed by atoms with Crippen molar-refractivity contribution in [3.63, 3.8) is 0 Å². The van der Waals surface area contributed by atoms with Crippen molar-refractivity contribution in [1.29, 1.82) is 0 Å². The SMILES string of the molecule is [O-][NH+]1C=C(N2CCOC(O[C@H](CO)c3cccc(C(F)(F)F)c3)C2c2ccccc2)SC1. The molecule has 32 heavy (non-hydrogen) atoms. The number of aliphatic hydroxyl groups is 1. The number of nitrogens with one attached hydrogen (secondary N) is 1. The van der Waals surface area contributed by atoms with Gasteiger partial charge in [0.25, 0.3) is 0 Å². The second-order valence-corrected chi connectivity index (χ2v) is 8.45. The molecule has 0 aliphatic carbocycles. The Morgan fingerprint density at radius 1 is 1.22 bits per heavy atom. The molecule has 2 N–H and O–H groups in total. The van der Waals surface area contributed by atoms with Crippen LogP contribution in [0.15, 0.2) is 65.8 Å². The van der Waals surface area contributed by atoms with Gasteiger partial charge >= 0.3 is 6.18 Å². The van der Waals surface area contributed by atoms with Crippen molar-refractivity contribution in [3.05, 3.63) is 87.7 Å². The molecule has 4 rings (SSSR count). The molecule has 2 aliphatic rings. The maximum atomic E-state index is 13.2. The summed E-state index contributed by atoms with van der Waals surface area (Å²) in [7, 11) is 0. The number of nitrogens with zero attached hydrogens (tertiary/aromatic N) is 1. The zero-order chi connectivity index (χ0) is 22.7. The van der Waals surface area contributed by atoms with Gasteiger partial charge in [0.05, 0.1) is 18.8 Å². The molecule has 0 bridgehead atoms. The minimum absolute atomic E-state index is 0.0259. The fourth-order valence-electron chi connectivity index (χ4n) is 3.83. The zero-order valence-electron chi connectivity index (χ0n) is 17.0. The summed E-state index contributed by atoms with van der Waals surface area (Å²) in [4.78, 5) is 2.03. The number of benzene rings is 2. The van der Waals surface area contributed by atoms with Gasteiger partial charge in [-0.25, -0.2) is 0 Å². The molecule has 0 amide bonds. The zero-order valence-corrected chi connectivity index (χ0v) is 17.8. The maximum absolute atomic E-state index is 13.2. The highest BCUT2D eigenvalue weighted by Crippen LogP contribution is 2.39. The molecule has 1 saturated heterocycles. The first kappa shape index (κ1) is 23.1. The van der Waals surface area contributed by atoms with Crippen LogP contribution >= 0.6 is 11.8 Å². The molecule has 10 heteroatoms. The van der Waals surface area contributed by atoms with Gasteiger partial charge < -0.3 is 29.8 Å². The first-order valence-electron chi connectivity index (χ1n) is 10.1. The maximum Gasteiger partial charge on any atom is 0.416 e. The molecule has 0 spiro atoms. The van der Waals surface area contributed by atoms with Gasteiger partial charge in [-0.2, -0.15) is 13.2 Å². The number of aliphatic hydroxyl groups excluding tert-OH is 1. The molecule has 0 saturated carbocycles. The van der Waals surface area contributed by atoms with Crippen molar-refractivity contribution in [2.24, 2.45) is 0 Å². The number of thioether (sulfide) groups is 1. The molecule has 0 radical (unpaired) electrons. The van der Waals surface area contributed by atoms with E-state index in [-0.39, 0.29) is 10.6 Å². The number of rotatable bonds is 6. The first-order valence-corrected chi connectivity index (χ1v) is 11.1. The Bertz CT molecular complexity index is 944. The molecule has 0 aromatic heterocycles. The molecular formula is C22H23F3N2O4S. The van der Waals surface area contributed by atoms with Crippen LogP contribution in [0.3, 0.4) is 0 Å². The number of morpholine rings is 1. The van der Waals surface area contributed by atoms with Gasteiger partial charge in [-0.1, -0.05) is 42.5 Å². The predicted molar refractivity (Wildman–Crippen MR) is 113 cm³/mol. The van der Waals surface area contributed by atoms with E-state index in [1.807, 2.05) is 35.2 Å². The van der Waals surface area contributed by atoms with E-state index in [0.29, 0.717) is 19.0 Å². The average molecular weight is 468 g/mol. The summed E-state index contributed by atoms with van der Waals surface area (Å²) < 4.78 is 51.5. The number of quaternary nitrogens is 1. The van der Waals surface area contributed by atoms with Crippen LogP contribution in [0.2, 0.25) is 0 Å². The average Bonchev–Trinajstić information content (AvgIpc) is 3.23. The Hall–Kier alpha value is -2.08. The third-order valence-corrected chi connectivity index (χ3v) is 6.41. The summed E-state index contributed by atoms with van der Waals surface area (Å²) in [5.41, 5.74) is 0.271. The number of hydroxylamine groups is 2. The Balaban J connectivity index is 1.63. The normalized spacial score (nSPS) is 25.0. The van der Waals surface area contributed by atoms with Gasteiger partial charge in [0, 0.05) is 6.54 Å². The lowest BCUT2D eigenvalue weighted by molar-refractivity contribution is -0.773. The van der Waals surface area contributed by atoms with Gasteiger partial charge in [-0.15, -0.1) is 0 Å². The van der Waals surface area contributed by atoms with Gasteiger partial charge in [0.15, 0.2) is 6.29 Å². The van der Waals surface area contributed by atoms with Crippen molar-refractivity contribution in [1.82, 2.24) is 4.90 Å². The molecule has 2 heterocycles. The Labute approximate surface area is 187 Å². The largest absolute Gasteiger partial charge is 0.629 e. The summed E-state index contributed by atoms with van der Waals surface area (Å²) in [6.07, 6.45) is -4.78. The van der Waals surface area contributed by atoms with E-state index >= 15 is 0 Å². The molecule has 1 fully saturated rings. The van der Waals surface area contributed by atoms with E-state index in [9.17, 15) is 23.5 Å². The van der Waals surface area contributed by atoms with E-state index in [4.69, 9.17) is 9.47 Å². The lowest BCUT2D eigenvalue weighted by atomic mass is 10.0. The first-order chi connectivity index (χ1) is 15.4. The molecule has 2 aliphatic heterocycles. The summed E-state index contributed by atoms with van der Waals surface area (Å²) in [6, 6.07) is 13.7. The molecule has 172 valence electrons. The van der Waals surface area contributed by atoms with Crippen LogP contribution < -0.4 is 5.06 Å². The van der Waals surface area contributed by atoms with E-state index < -0.39 is 36.8 Å². The highest BCUT2D eigenvalue weighted by Gasteiger charge is 2.39. The predicted octanol–water partition coefficient (Wildman–Crippen LogP) is 3.04. The molecular weight excluding hydrogens is 445 g/mol. The smallest absolute Gasteiger partial charge is 0.416 e. The van der Waals surface area contributed by atoms with Crippen molar-refractivity contribution in [2.45, 2.75) is 24.6 Å². The highest BCUT2D eigenvalue weighted by atomic mass is 32.2. The fourth-order valence-corrected chi connectivity index (χ4v) is 4.79. The van der Waals surface area contributed by atoms with Gasteiger partial charge in [-0.3, -0.25) is 0 Å². The third-order valence-electron chi connectivity index (χ3n) is 5.33. The summed E-state index contributed by atoms with van der Waals surface area (Å²) in [6.45, 7) is 0.318. The molecule has 2 aromatic carbocycles. The van der Waals surface area contributed by atoms with Crippen molar-refractivity contribution in [3.8, 4) is 0 Å². The van der Waals surface area contributed by atoms with Crippen LogP contribution in [0, 0.1) is 5.21 Å². The molecule has 2 aromatic rings. The van der Waals surface area contributed by atoms with Crippen molar-refractivity contribution < 1.29 is 32.8 Å². The van der Waals surface area contributed by atoms with Crippen LogP contribution in [0.25, 0.3) is 0 Å².